The summed E-state index contributed by atoms with van der Waals surface area (Å²) in [5, 5.41) is 3.86. The number of amides is 1. The lowest BCUT2D eigenvalue weighted by Gasteiger charge is -2.20. The molecule has 0 spiro atoms. The molecule has 0 saturated heterocycles. The normalized spacial score (nSPS) is 13.5. The number of benzene rings is 1. The van der Waals surface area contributed by atoms with Gasteiger partial charge in [-0.05, 0) is 29.0 Å². The van der Waals surface area contributed by atoms with Crippen LogP contribution in [0.15, 0.2) is 52.7 Å². The second-order valence-electron chi connectivity index (χ2n) is 6.90. The van der Waals surface area contributed by atoms with E-state index in [9.17, 15) is 13.2 Å². The summed E-state index contributed by atoms with van der Waals surface area (Å²) in [5.74, 6) is -0.132. The van der Waals surface area contributed by atoms with Crippen molar-refractivity contribution in [3.63, 3.8) is 0 Å². The van der Waals surface area contributed by atoms with E-state index in [1.807, 2.05) is 32.2 Å². The molecule has 1 heterocycles. The number of nitrogens with one attached hydrogen (secondary N) is 1. The molecular weight excluding hydrogens is 342 g/mol. The predicted molar refractivity (Wildman–Crippen MR) is 97.8 cm³/mol. The third-order valence-electron chi connectivity index (χ3n) is 3.48. The van der Waals surface area contributed by atoms with Crippen molar-refractivity contribution < 1.29 is 13.2 Å². The molecule has 1 amide bonds. The molecule has 0 bridgehead atoms. The lowest BCUT2D eigenvalue weighted by Crippen LogP contribution is -2.33. The molecule has 0 radical (unpaired) electrons. The maximum Gasteiger partial charge on any atom is 0.220 e. The zero-order valence-electron chi connectivity index (χ0n) is 14.2. The number of sulfone groups is 1. The highest BCUT2D eigenvalue weighted by atomic mass is 32.2. The van der Waals surface area contributed by atoms with E-state index in [0.717, 1.165) is 4.88 Å². The molecule has 1 N–H and O–H groups in total. The first kappa shape index (κ1) is 18.7. The molecular formula is C18H23NO3S2. The van der Waals surface area contributed by atoms with Gasteiger partial charge in [0.05, 0.1) is 4.90 Å². The molecule has 1 aromatic carbocycles. The maximum absolute atomic E-state index is 13.0. The molecule has 6 heteroatoms. The van der Waals surface area contributed by atoms with Gasteiger partial charge in [-0.2, -0.15) is 0 Å². The molecule has 1 atom stereocenters. The Hall–Kier alpha value is -1.66. The van der Waals surface area contributed by atoms with Crippen molar-refractivity contribution in [1.82, 2.24) is 5.32 Å². The fourth-order valence-corrected chi connectivity index (χ4v) is 5.17. The Labute approximate surface area is 147 Å². The van der Waals surface area contributed by atoms with Crippen molar-refractivity contribution in [3.8, 4) is 0 Å². The first-order valence-electron chi connectivity index (χ1n) is 7.79. The van der Waals surface area contributed by atoms with Crippen molar-refractivity contribution >= 4 is 27.1 Å². The van der Waals surface area contributed by atoms with E-state index >= 15 is 0 Å². The Morgan fingerprint density at radius 3 is 2.33 bits per heavy atom. The second-order valence-corrected chi connectivity index (χ2v) is 10.0. The summed E-state index contributed by atoms with van der Waals surface area (Å²) in [4.78, 5) is 13.1. The standard InChI is InChI=1S/C18H23NO3S2/c1-18(2,3)12-17(20)19-13-16(15-10-7-11-23-15)24(21,22)14-8-5-4-6-9-14/h4-11,16H,12-13H2,1-3H3,(H,19,20). The topological polar surface area (TPSA) is 63.2 Å². The van der Waals surface area contributed by atoms with E-state index in [0.29, 0.717) is 6.42 Å². The summed E-state index contributed by atoms with van der Waals surface area (Å²) < 4.78 is 26.0. The number of carbonyl (C=O) groups excluding carboxylic acids is 1. The third kappa shape index (κ3) is 4.92. The molecule has 2 aromatic rings. The summed E-state index contributed by atoms with van der Waals surface area (Å²) in [6.45, 7) is 6.00. The highest BCUT2D eigenvalue weighted by Crippen LogP contribution is 2.31. The van der Waals surface area contributed by atoms with Crippen LogP contribution < -0.4 is 5.32 Å². The molecule has 4 nitrogen and oxygen atoms in total. The minimum atomic E-state index is -3.57. The quantitative estimate of drug-likeness (QED) is 0.846. The zero-order chi connectivity index (χ0) is 17.8. The van der Waals surface area contributed by atoms with Gasteiger partial charge in [0.15, 0.2) is 9.84 Å². The minimum Gasteiger partial charge on any atom is -0.354 e. The molecule has 1 aromatic heterocycles. The van der Waals surface area contributed by atoms with E-state index in [1.165, 1.54) is 11.3 Å². The molecule has 0 fully saturated rings. The monoisotopic (exact) mass is 365 g/mol. The molecule has 0 aliphatic rings. The van der Waals surface area contributed by atoms with Crippen LogP contribution in [0.4, 0.5) is 0 Å². The molecule has 24 heavy (non-hydrogen) atoms. The Morgan fingerprint density at radius 2 is 1.79 bits per heavy atom. The van der Waals surface area contributed by atoms with Crippen molar-refractivity contribution in [2.45, 2.75) is 37.3 Å². The second kappa shape index (κ2) is 7.49. The summed E-state index contributed by atoms with van der Waals surface area (Å²) in [6.07, 6.45) is 0.357. The molecule has 0 saturated carbocycles. The maximum atomic E-state index is 13.0. The van der Waals surface area contributed by atoms with Crippen LogP contribution in [-0.2, 0) is 14.6 Å². The predicted octanol–water partition coefficient (Wildman–Crippen LogP) is 3.82. The molecule has 1 unspecified atom stereocenters. The number of carbonyl (C=O) groups is 1. The third-order valence-corrected chi connectivity index (χ3v) is 6.72. The highest BCUT2D eigenvalue weighted by molar-refractivity contribution is 7.91. The van der Waals surface area contributed by atoms with Gasteiger partial charge in [0.1, 0.15) is 5.25 Å². The van der Waals surface area contributed by atoms with Crippen LogP contribution in [0.1, 0.15) is 37.3 Å². The molecule has 0 aliphatic carbocycles. The van der Waals surface area contributed by atoms with Crippen LogP contribution in [0, 0.1) is 5.41 Å². The number of rotatable bonds is 6. The summed E-state index contributed by atoms with van der Waals surface area (Å²) >= 11 is 1.39. The first-order chi connectivity index (χ1) is 11.2. The Bertz CT molecular complexity index is 760. The van der Waals surface area contributed by atoms with Gasteiger partial charge < -0.3 is 5.32 Å². The van der Waals surface area contributed by atoms with Crippen molar-refractivity contribution in [1.29, 1.82) is 0 Å². The number of thiophene rings is 1. The van der Waals surface area contributed by atoms with Crippen LogP contribution in [0.5, 0.6) is 0 Å². The minimum absolute atomic E-state index is 0.0760. The van der Waals surface area contributed by atoms with Crippen LogP contribution in [0.2, 0.25) is 0 Å². The van der Waals surface area contributed by atoms with Crippen molar-refractivity contribution in [2.24, 2.45) is 5.41 Å². The average molecular weight is 366 g/mol. The molecule has 0 aliphatic heterocycles. The summed E-state index contributed by atoms with van der Waals surface area (Å²) in [6, 6.07) is 12.0. The van der Waals surface area contributed by atoms with Crippen molar-refractivity contribution in [3.05, 3.63) is 52.7 Å². The Kier molecular flexibility index (Phi) is 5.83. The van der Waals surface area contributed by atoms with E-state index in [-0.39, 0.29) is 22.8 Å². The SMILES string of the molecule is CC(C)(C)CC(=O)NCC(c1cccs1)S(=O)(=O)c1ccccc1. The summed E-state index contributed by atoms with van der Waals surface area (Å²) in [7, 11) is -3.57. The highest BCUT2D eigenvalue weighted by Gasteiger charge is 2.30. The zero-order valence-corrected chi connectivity index (χ0v) is 15.8. The van der Waals surface area contributed by atoms with E-state index in [1.54, 1.807) is 36.4 Å². The van der Waals surface area contributed by atoms with Crippen molar-refractivity contribution in [2.75, 3.05) is 6.54 Å². The largest absolute Gasteiger partial charge is 0.354 e. The Morgan fingerprint density at radius 1 is 1.12 bits per heavy atom. The van der Waals surface area contributed by atoms with E-state index < -0.39 is 15.1 Å². The van der Waals surface area contributed by atoms with Gasteiger partial charge >= 0.3 is 0 Å². The van der Waals surface area contributed by atoms with Gasteiger partial charge in [-0.15, -0.1) is 11.3 Å². The van der Waals surface area contributed by atoms with Gasteiger partial charge in [0.2, 0.25) is 5.91 Å². The average Bonchev–Trinajstić information content (AvgIpc) is 3.00. The molecule has 2 rings (SSSR count). The van der Waals surface area contributed by atoms with Crippen LogP contribution in [0.3, 0.4) is 0 Å². The Balaban J connectivity index is 2.23. The van der Waals surface area contributed by atoms with Gasteiger partial charge in [-0.25, -0.2) is 8.42 Å². The fraction of sp³-hybridized carbons (Fsp3) is 0.389. The van der Waals surface area contributed by atoms with E-state index in [2.05, 4.69) is 5.32 Å². The van der Waals surface area contributed by atoms with Gasteiger partial charge in [-0.1, -0.05) is 45.0 Å². The van der Waals surface area contributed by atoms with Gasteiger partial charge in [0, 0.05) is 17.8 Å². The van der Waals surface area contributed by atoms with Gasteiger partial charge in [0.25, 0.3) is 0 Å². The lowest BCUT2D eigenvalue weighted by molar-refractivity contribution is -0.122. The fourth-order valence-electron chi connectivity index (χ4n) is 2.36. The smallest absolute Gasteiger partial charge is 0.220 e. The number of hydrogen-bond donors (Lipinski definition) is 1. The van der Waals surface area contributed by atoms with Crippen LogP contribution in [0.25, 0.3) is 0 Å². The van der Waals surface area contributed by atoms with E-state index in [4.69, 9.17) is 0 Å². The van der Waals surface area contributed by atoms with Crippen LogP contribution in [-0.4, -0.2) is 20.9 Å². The first-order valence-corrected chi connectivity index (χ1v) is 10.2. The van der Waals surface area contributed by atoms with Gasteiger partial charge in [-0.3, -0.25) is 4.79 Å². The van der Waals surface area contributed by atoms with Crippen LogP contribution >= 0.6 is 11.3 Å². The summed E-state index contributed by atoms with van der Waals surface area (Å²) in [5.41, 5.74) is -0.138. The lowest BCUT2D eigenvalue weighted by atomic mass is 9.92. The number of hydrogen-bond acceptors (Lipinski definition) is 4. The molecule has 130 valence electrons.